The number of nitrogens with zero attached hydrogens (tertiary/aromatic N) is 2. The molecule has 0 atom stereocenters. The van der Waals surface area contributed by atoms with Crippen molar-refractivity contribution >= 4 is 51.6 Å². The first-order chi connectivity index (χ1) is 11.6. The highest BCUT2D eigenvalue weighted by molar-refractivity contribution is 8.18. The van der Waals surface area contributed by atoms with Crippen molar-refractivity contribution in [1.82, 2.24) is 15.3 Å². The molecule has 0 bridgehead atoms. The molecule has 1 N–H and O–H groups in total. The molecule has 3 aromatic rings. The van der Waals surface area contributed by atoms with Gasteiger partial charge in [-0.25, -0.2) is 4.98 Å². The number of fused-ring (bicyclic) bond motifs is 1. The lowest BCUT2D eigenvalue weighted by molar-refractivity contribution is -0.115. The fraction of sp³-hybridized carbons (Fsp3) is 0. The lowest BCUT2D eigenvalue weighted by Gasteiger charge is -2.01. The maximum atomic E-state index is 11.6. The van der Waals surface area contributed by atoms with Crippen LogP contribution in [-0.4, -0.2) is 21.1 Å². The molecule has 24 heavy (non-hydrogen) atoms. The van der Waals surface area contributed by atoms with Crippen molar-refractivity contribution in [3.8, 4) is 11.1 Å². The van der Waals surface area contributed by atoms with Gasteiger partial charge in [-0.15, -0.1) is 0 Å². The summed E-state index contributed by atoms with van der Waals surface area (Å²) in [6.45, 7) is 0. The molecule has 1 aliphatic rings. The first kappa shape index (κ1) is 14.9. The molecule has 0 spiro atoms. The van der Waals surface area contributed by atoms with Crippen LogP contribution in [0.2, 0.25) is 5.15 Å². The summed E-state index contributed by atoms with van der Waals surface area (Å²) in [5.41, 5.74) is 2.20. The summed E-state index contributed by atoms with van der Waals surface area (Å²) in [5.74, 6) is 0.0410. The van der Waals surface area contributed by atoms with Crippen molar-refractivity contribution in [3.63, 3.8) is 0 Å². The van der Waals surface area contributed by atoms with Crippen LogP contribution in [0.5, 0.6) is 0 Å². The second-order valence-electron chi connectivity index (χ2n) is 4.98. The van der Waals surface area contributed by atoms with Crippen molar-refractivity contribution in [3.05, 3.63) is 52.6 Å². The van der Waals surface area contributed by atoms with Crippen LogP contribution < -0.4 is 5.32 Å². The second kappa shape index (κ2) is 5.77. The van der Waals surface area contributed by atoms with Gasteiger partial charge >= 0.3 is 0 Å². The minimum absolute atomic E-state index is 0.293. The molecule has 8 heteroatoms. The number of aromatic nitrogens is 2. The summed E-state index contributed by atoms with van der Waals surface area (Å²) in [4.78, 5) is 31.4. The van der Waals surface area contributed by atoms with Gasteiger partial charge < -0.3 is 4.42 Å². The van der Waals surface area contributed by atoms with E-state index in [1.807, 2.05) is 6.07 Å². The van der Waals surface area contributed by atoms with E-state index in [2.05, 4.69) is 15.3 Å². The molecule has 4 heterocycles. The van der Waals surface area contributed by atoms with Crippen LogP contribution in [0.3, 0.4) is 0 Å². The van der Waals surface area contributed by atoms with Crippen LogP contribution >= 0.6 is 23.4 Å². The van der Waals surface area contributed by atoms with E-state index < -0.39 is 11.1 Å². The van der Waals surface area contributed by atoms with E-state index in [-0.39, 0.29) is 0 Å². The van der Waals surface area contributed by atoms with E-state index in [1.165, 1.54) is 6.08 Å². The second-order valence-corrected chi connectivity index (χ2v) is 6.38. The van der Waals surface area contributed by atoms with Crippen molar-refractivity contribution in [1.29, 1.82) is 0 Å². The summed E-state index contributed by atoms with van der Waals surface area (Å²) in [5, 5.41) is 3.00. The SMILES string of the molecule is O=C1NC(=O)/C(=C/c2cc3cncc(-c4ccc(Cl)nc4)c3o2)S1. The van der Waals surface area contributed by atoms with E-state index in [9.17, 15) is 9.59 Å². The zero-order chi connectivity index (χ0) is 16.7. The molecular formula is C16H8ClN3O3S. The quantitative estimate of drug-likeness (QED) is 0.553. The van der Waals surface area contributed by atoms with Gasteiger partial charge in [0.05, 0.1) is 4.91 Å². The Morgan fingerprint density at radius 1 is 1.21 bits per heavy atom. The molecular weight excluding hydrogens is 350 g/mol. The van der Waals surface area contributed by atoms with Crippen LogP contribution in [0.1, 0.15) is 5.76 Å². The number of hydrogen-bond acceptors (Lipinski definition) is 6. The molecule has 0 unspecified atom stereocenters. The van der Waals surface area contributed by atoms with Crippen molar-refractivity contribution in [2.45, 2.75) is 0 Å². The third kappa shape index (κ3) is 2.68. The number of amides is 2. The lowest BCUT2D eigenvalue weighted by atomic mass is 10.1. The molecule has 0 radical (unpaired) electrons. The zero-order valence-electron chi connectivity index (χ0n) is 11.9. The van der Waals surface area contributed by atoms with E-state index in [0.717, 1.165) is 28.3 Å². The minimum Gasteiger partial charge on any atom is -0.456 e. The van der Waals surface area contributed by atoms with Gasteiger partial charge in [-0.2, -0.15) is 0 Å². The summed E-state index contributed by atoms with van der Waals surface area (Å²) >= 11 is 6.66. The molecule has 2 amide bonds. The average molecular weight is 358 g/mol. The van der Waals surface area contributed by atoms with Gasteiger partial charge in [0.15, 0.2) is 0 Å². The topological polar surface area (TPSA) is 85.1 Å². The molecule has 3 aromatic heterocycles. The standard InChI is InChI=1S/C16H8ClN3O3S/c17-13-2-1-8(6-19-13)11-7-18-5-9-3-10(23-14(9)11)4-12-15(21)20-16(22)24-12/h1-7H,(H,20,21,22)/b12-4-. The number of imide groups is 1. The summed E-state index contributed by atoms with van der Waals surface area (Å²) in [7, 11) is 0. The number of thioether (sulfide) groups is 1. The number of nitrogens with one attached hydrogen (secondary N) is 1. The van der Waals surface area contributed by atoms with Gasteiger partial charge in [0.1, 0.15) is 16.5 Å². The van der Waals surface area contributed by atoms with Crippen LogP contribution in [0.4, 0.5) is 4.79 Å². The van der Waals surface area contributed by atoms with Gasteiger partial charge in [-0.1, -0.05) is 11.6 Å². The first-order valence-electron chi connectivity index (χ1n) is 6.84. The number of rotatable bonds is 2. The summed E-state index contributed by atoms with van der Waals surface area (Å²) < 4.78 is 5.85. The third-order valence-corrected chi connectivity index (χ3v) is 4.43. The molecule has 1 saturated heterocycles. The van der Waals surface area contributed by atoms with Crippen molar-refractivity contribution in [2.24, 2.45) is 0 Å². The predicted molar refractivity (Wildman–Crippen MR) is 91.4 cm³/mol. The lowest BCUT2D eigenvalue weighted by Crippen LogP contribution is -2.17. The van der Waals surface area contributed by atoms with E-state index in [1.54, 1.807) is 30.7 Å². The Bertz CT molecular complexity index is 1010. The van der Waals surface area contributed by atoms with Gasteiger partial charge in [0.2, 0.25) is 0 Å². The van der Waals surface area contributed by atoms with Crippen LogP contribution in [0, 0.1) is 0 Å². The normalized spacial score (nSPS) is 16.1. The Hall–Kier alpha value is -2.64. The van der Waals surface area contributed by atoms with Crippen molar-refractivity contribution in [2.75, 3.05) is 0 Å². The number of carbonyl (C=O) groups excluding carboxylic acids is 2. The highest BCUT2D eigenvalue weighted by Gasteiger charge is 2.25. The Labute approximate surface area is 144 Å². The van der Waals surface area contributed by atoms with E-state index in [4.69, 9.17) is 16.0 Å². The Morgan fingerprint density at radius 3 is 2.79 bits per heavy atom. The molecule has 118 valence electrons. The van der Waals surface area contributed by atoms with Crippen molar-refractivity contribution < 1.29 is 14.0 Å². The van der Waals surface area contributed by atoms with E-state index in [0.29, 0.717) is 21.4 Å². The minimum atomic E-state index is -0.425. The van der Waals surface area contributed by atoms with Crippen LogP contribution in [0.25, 0.3) is 28.2 Å². The number of hydrogen-bond donors (Lipinski definition) is 1. The molecule has 4 rings (SSSR count). The van der Waals surface area contributed by atoms with Crippen LogP contribution in [-0.2, 0) is 4.79 Å². The number of carbonyl (C=O) groups is 2. The number of halogens is 1. The fourth-order valence-corrected chi connectivity index (χ4v) is 3.12. The average Bonchev–Trinajstić information content (AvgIpc) is 3.10. The number of furan rings is 1. The molecule has 1 fully saturated rings. The highest BCUT2D eigenvalue weighted by Crippen LogP contribution is 2.32. The first-order valence-corrected chi connectivity index (χ1v) is 8.04. The summed E-state index contributed by atoms with van der Waals surface area (Å²) in [6.07, 6.45) is 6.52. The molecule has 0 aromatic carbocycles. The molecule has 0 aliphatic carbocycles. The monoisotopic (exact) mass is 357 g/mol. The van der Waals surface area contributed by atoms with Gasteiger partial charge in [0.25, 0.3) is 11.1 Å². The maximum Gasteiger partial charge on any atom is 0.290 e. The fourth-order valence-electron chi connectivity index (χ4n) is 2.34. The van der Waals surface area contributed by atoms with Gasteiger partial charge in [-0.3, -0.25) is 19.9 Å². The zero-order valence-corrected chi connectivity index (χ0v) is 13.5. The summed E-state index contributed by atoms with van der Waals surface area (Å²) in [6, 6.07) is 5.27. The Kier molecular flexibility index (Phi) is 3.59. The predicted octanol–water partition coefficient (Wildman–Crippen LogP) is 3.87. The smallest absolute Gasteiger partial charge is 0.290 e. The largest absolute Gasteiger partial charge is 0.456 e. The van der Waals surface area contributed by atoms with Crippen LogP contribution in [0.15, 0.2) is 46.1 Å². The highest BCUT2D eigenvalue weighted by atomic mass is 35.5. The number of pyridine rings is 2. The van der Waals surface area contributed by atoms with E-state index >= 15 is 0 Å². The molecule has 1 aliphatic heterocycles. The third-order valence-electron chi connectivity index (χ3n) is 3.40. The van der Waals surface area contributed by atoms with Gasteiger partial charge in [0, 0.05) is 41.2 Å². The molecule has 0 saturated carbocycles. The Morgan fingerprint density at radius 2 is 2.08 bits per heavy atom. The Balaban J connectivity index is 1.80. The maximum absolute atomic E-state index is 11.6. The van der Waals surface area contributed by atoms with Gasteiger partial charge in [-0.05, 0) is 30.0 Å². The molecule has 6 nitrogen and oxygen atoms in total.